The first-order valence-corrected chi connectivity index (χ1v) is 6.09. The van der Waals surface area contributed by atoms with E-state index in [2.05, 4.69) is 15.9 Å². The van der Waals surface area contributed by atoms with Gasteiger partial charge in [0.15, 0.2) is 0 Å². The van der Waals surface area contributed by atoms with Crippen molar-refractivity contribution in [2.24, 2.45) is 5.73 Å². The predicted molar refractivity (Wildman–Crippen MR) is 65.5 cm³/mol. The molecule has 9 heteroatoms. The van der Waals surface area contributed by atoms with Crippen LogP contribution in [-0.2, 0) is 6.18 Å². The van der Waals surface area contributed by atoms with Crippen LogP contribution in [0.5, 0.6) is 0 Å². The van der Waals surface area contributed by atoms with Crippen molar-refractivity contribution in [3.05, 3.63) is 33.8 Å². The van der Waals surface area contributed by atoms with Crippen molar-refractivity contribution in [2.45, 2.75) is 12.1 Å². The molecule has 0 radical (unpaired) electrons. The lowest BCUT2D eigenvalue weighted by molar-refractivity contribution is -0.137. The lowest BCUT2D eigenvalue weighted by atomic mass is 10.1. The summed E-state index contributed by atoms with van der Waals surface area (Å²) in [5, 5.41) is 1.84. The number of rotatable bonds is 4. The van der Waals surface area contributed by atoms with Gasteiger partial charge in [-0.15, -0.1) is 0 Å². The highest BCUT2D eigenvalue weighted by Gasteiger charge is 2.32. The number of hydrogen-bond acceptors (Lipinski definition) is 2. The molecule has 0 unspecified atom stereocenters. The van der Waals surface area contributed by atoms with E-state index in [0.717, 1.165) is 12.1 Å². The predicted octanol–water partition coefficient (Wildman–Crippen LogP) is 2.79. The molecule has 20 heavy (non-hydrogen) atoms. The zero-order valence-electron chi connectivity index (χ0n) is 9.90. The molecule has 1 rings (SSSR count). The van der Waals surface area contributed by atoms with Crippen molar-refractivity contribution in [1.29, 1.82) is 0 Å². The van der Waals surface area contributed by atoms with E-state index < -0.39 is 36.7 Å². The van der Waals surface area contributed by atoms with Gasteiger partial charge < -0.3 is 11.1 Å². The van der Waals surface area contributed by atoms with Crippen LogP contribution in [0.25, 0.3) is 0 Å². The van der Waals surface area contributed by atoms with Gasteiger partial charge in [-0.3, -0.25) is 4.79 Å². The molecule has 0 spiro atoms. The molecule has 0 saturated carbocycles. The van der Waals surface area contributed by atoms with E-state index in [9.17, 15) is 26.7 Å². The number of nitrogens with one attached hydrogen (secondary N) is 1. The smallest absolute Gasteiger partial charge is 0.346 e. The maximum atomic E-state index is 12.9. The van der Waals surface area contributed by atoms with Gasteiger partial charge in [0.2, 0.25) is 0 Å². The van der Waals surface area contributed by atoms with E-state index in [-0.39, 0.29) is 10.0 Å². The summed E-state index contributed by atoms with van der Waals surface area (Å²) < 4.78 is 63.3. The number of benzene rings is 1. The van der Waals surface area contributed by atoms with Crippen molar-refractivity contribution in [1.82, 2.24) is 5.32 Å². The van der Waals surface area contributed by atoms with Crippen LogP contribution in [-0.4, -0.2) is 24.9 Å². The highest BCUT2D eigenvalue weighted by atomic mass is 79.9. The summed E-state index contributed by atoms with van der Waals surface area (Å²) in [4.78, 5) is 11.6. The Kier molecular flexibility index (Phi) is 5.09. The zero-order chi connectivity index (χ0) is 15.6. The van der Waals surface area contributed by atoms with Crippen LogP contribution in [0.1, 0.15) is 15.9 Å². The van der Waals surface area contributed by atoms with Gasteiger partial charge >= 0.3 is 6.18 Å². The van der Waals surface area contributed by atoms with Crippen LogP contribution in [0.4, 0.5) is 22.0 Å². The summed E-state index contributed by atoms with van der Waals surface area (Å²) in [5.74, 6) is -4.36. The van der Waals surface area contributed by atoms with E-state index in [1.807, 2.05) is 5.32 Å². The van der Waals surface area contributed by atoms with Crippen molar-refractivity contribution >= 4 is 21.8 Å². The highest BCUT2D eigenvalue weighted by Crippen LogP contribution is 2.31. The summed E-state index contributed by atoms with van der Waals surface area (Å²) in [7, 11) is 0. The Morgan fingerprint density at radius 1 is 1.25 bits per heavy atom. The molecule has 0 aliphatic rings. The molecule has 0 heterocycles. The van der Waals surface area contributed by atoms with Gasteiger partial charge in [-0.1, -0.05) is 0 Å². The molecule has 0 saturated heterocycles. The number of halogens is 6. The van der Waals surface area contributed by atoms with Crippen molar-refractivity contribution < 1.29 is 26.7 Å². The molecule has 1 amide bonds. The average molecular weight is 361 g/mol. The number of amides is 1. The maximum Gasteiger partial charge on any atom is 0.416 e. The van der Waals surface area contributed by atoms with Crippen LogP contribution >= 0.6 is 15.9 Å². The molecule has 3 N–H and O–H groups in total. The van der Waals surface area contributed by atoms with E-state index in [0.29, 0.717) is 6.07 Å². The maximum absolute atomic E-state index is 12.9. The van der Waals surface area contributed by atoms with Gasteiger partial charge in [-0.25, -0.2) is 8.78 Å². The lowest BCUT2D eigenvalue weighted by Crippen LogP contribution is -2.41. The van der Waals surface area contributed by atoms with Gasteiger partial charge in [0.25, 0.3) is 11.8 Å². The molecule has 0 bridgehead atoms. The zero-order valence-corrected chi connectivity index (χ0v) is 11.5. The first-order valence-electron chi connectivity index (χ1n) is 5.29. The summed E-state index contributed by atoms with van der Waals surface area (Å²) in [5.41, 5.74) is 3.36. The third-order valence-corrected chi connectivity index (χ3v) is 3.04. The number of alkyl halides is 5. The summed E-state index contributed by atoms with van der Waals surface area (Å²) in [6.07, 6.45) is -4.63. The third kappa shape index (κ3) is 4.41. The second-order valence-electron chi connectivity index (χ2n) is 3.94. The first-order chi connectivity index (χ1) is 9.07. The normalized spacial score (nSPS) is 12.3. The van der Waals surface area contributed by atoms with Crippen LogP contribution in [0.3, 0.4) is 0 Å². The van der Waals surface area contributed by atoms with Crippen molar-refractivity contribution in [2.75, 3.05) is 13.1 Å². The topological polar surface area (TPSA) is 55.1 Å². The van der Waals surface area contributed by atoms with Crippen molar-refractivity contribution in [3.63, 3.8) is 0 Å². The number of carbonyl (C=O) groups excluding carboxylic acids is 1. The third-order valence-electron chi connectivity index (χ3n) is 2.34. The Labute approximate surface area is 119 Å². The summed E-state index contributed by atoms with van der Waals surface area (Å²) in [6, 6.07) is 2.38. The van der Waals surface area contributed by atoms with Crippen LogP contribution in [0.2, 0.25) is 0 Å². The van der Waals surface area contributed by atoms with Gasteiger partial charge in [-0.2, -0.15) is 13.2 Å². The molecule has 1 aromatic carbocycles. The molecule has 0 aliphatic carbocycles. The van der Waals surface area contributed by atoms with Gasteiger partial charge in [0, 0.05) is 4.47 Å². The second kappa shape index (κ2) is 6.04. The van der Waals surface area contributed by atoms with Gasteiger partial charge in [0.05, 0.1) is 24.2 Å². The Hall–Kier alpha value is -1.22. The molecular weight excluding hydrogens is 351 g/mol. The Morgan fingerprint density at radius 2 is 1.85 bits per heavy atom. The first kappa shape index (κ1) is 16.8. The molecule has 3 nitrogen and oxygen atoms in total. The fourth-order valence-electron chi connectivity index (χ4n) is 1.25. The minimum atomic E-state index is -4.63. The van der Waals surface area contributed by atoms with Crippen LogP contribution in [0.15, 0.2) is 22.7 Å². The van der Waals surface area contributed by atoms with Gasteiger partial charge in [-0.05, 0) is 34.1 Å². The quantitative estimate of drug-likeness (QED) is 0.811. The minimum Gasteiger partial charge on any atom is -0.346 e. The molecule has 0 atom stereocenters. The molecule has 0 fully saturated rings. The second-order valence-corrected chi connectivity index (χ2v) is 4.79. The Bertz CT molecular complexity index is 504. The van der Waals surface area contributed by atoms with E-state index in [1.54, 1.807) is 0 Å². The van der Waals surface area contributed by atoms with E-state index >= 15 is 0 Å². The summed E-state index contributed by atoms with van der Waals surface area (Å²) >= 11 is 2.89. The fraction of sp³-hybridized carbons (Fsp3) is 0.364. The van der Waals surface area contributed by atoms with Crippen LogP contribution < -0.4 is 11.1 Å². The van der Waals surface area contributed by atoms with Crippen LogP contribution in [0, 0.1) is 0 Å². The monoisotopic (exact) mass is 360 g/mol. The van der Waals surface area contributed by atoms with Crippen molar-refractivity contribution in [3.8, 4) is 0 Å². The Balaban J connectivity index is 2.93. The summed E-state index contributed by atoms with van der Waals surface area (Å²) in [6.45, 7) is -2.03. The largest absolute Gasteiger partial charge is 0.416 e. The van der Waals surface area contributed by atoms with Gasteiger partial charge in [0.1, 0.15) is 0 Å². The molecule has 1 aromatic rings. The standard InChI is InChI=1S/C11H10BrF5N2O/c12-8-2-1-6(11(15,16)17)3-7(8)9(20)19-5-10(13,14)4-18/h1-3H,4-5,18H2,(H,19,20). The highest BCUT2D eigenvalue weighted by molar-refractivity contribution is 9.10. The van der Waals surface area contributed by atoms with E-state index in [4.69, 9.17) is 5.73 Å². The lowest BCUT2D eigenvalue weighted by Gasteiger charge is -2.15. The number of carbonyl (C=O) groups is 1. The average Bonchev–Trinajstić information content (AvgIpc) is 2.35. The molecule has 112 valence electrons. The Morgan fingerprint density at radius 3 is 2.35 bits per heavy atom. The molecule has 0 aliphatic heterocycles. The SMILES string of the molecule is NCC(F)(F)CNC(=O)c1cc(C(F)(F)F)ccc1Br. The number of hydrogen-bond donors (Lipinski definition) is 2. The molecule has 0 aromatic heterocycles. The number of nitrogens with two attached hydrogens (primary N) is 1. The molecular formula is C11H10BrF5N2O. The minimum absolute atomic E-state index is 0.0686. The van der Waals surface area contributed by atoms with E-state index in [1.165, 1.54) is 0 Å². The fourth-order valence-corrected chi connectivity index (χ4v) is 1.68.